The summed E-state index contributed by atoms with van der Waals surface area (Å²) in [5.41, 5.74) is 2.76. The molecule has 1 saturated heterocycles. The standard InChI is InChI=1S/C19H20O6.3CO.Cr/c1-21-13-9-15(19-24-6-7-25-19)18(17(10-13)23-3)14-8-12(11-20)4-5-16(14)22-2;3*1-2;/h4-5,8-11,19H,6-7H2,1-3H3;;;;. The molecule has 9 nitrogen and oxygen atoms in total. The van der Waals surface area contributed by atoms with Crippen LogP contribution in [0, 0.1) is 20.0 Å². The third-order valence-corrected chi connectivity index (χ3v) is 4.07. The molecule has 2 aromatic carbocycles. The van der Waals surface area contributed by atoms with Gasteiger partial charge in [0.25, 0.3) is 0 Å². The summed E-state index contributed by atoms with van der Waals surface area (Å²) in [7, 11) is 4.74. The summed E-state index contributed by atoms with van der Waals surface area (Å²) >= 11 is 0. The number of carbonyl (C=O) groups is 1. The van der Waals surface area contributed by atoms with E-state index in [1.54, 1.807) is 45.6 Å². The monoisotopic (exact) mass is 480 g/mol. The van der Waals surface area contributed by atoms with Gasteiger partial charge in [-0.2, -0.15) is 0 Å². The van der Waals surface area contributed by atoms with E-state index in [1.165, 1.54) is 0 Å². The van der Waals surface area contributed by atoms with Gasteiger partial charge < -0.3 is 23.7 Å². The first-order valence-electron chi connectivity index (χ1n) is 8.45. The van der Waals surface area contributed by atoms with Gasteiger partial charge in [-0.1, -0.05) is 0 Å². The number of methoxy groups -OCH3 is 3. The average Bonchev–Trinajstić information content (AvgIpc) is 3.41. The van der Waals surface area contributed by atoms with Crippen molar-refractivity contribution in [3.05, 3.63) is 61.4 Å². The Morgan fingerprint density at radius 1 is 0.875 bits per heavy atom. The van der Waals surface area contributed by atoms with Gasteiger partial charge in [0.15, 0.2) is 6.29 Å². The summed E-state index contributed by atoms with van der Waals surface area (Å²) in [5, 5.41) is 0. The van der Waals surface area contributed by atoms with Crippen LogP contribution in [0.5, 0.6) is 17.2 Å². The van der Waals surface area contributed by atoms with Gasteiger partial charge in [-0.3, -0.25) is 4.79 Å². The van der Waals surface area contributed by atoms with Gasteiger partial charge in [0.05, 0.1) is 34.5 Å². The van der Waals surface area contributed by atoms with Crippen molar-refractivity contribution in [2.75, 3.05) is 34.5 Å². The van der Waals surface area contributed by atoms with Crippen molar-refractivity contribution in [3.63, 3.8) is 0 Å². The molecule has 1 aliphatic rings. The molecule has 1 heterocycles. The molecule has 32 heavy (non-hydrogen) atoms. The Hall–Kier alpha value is -2.82. The predicted molar refractivity (Wildman–Crippen MR) is 103 cm³/mol. The summed E-state index contributed by atoms with van der Waals surface area (Å²) in [5.74, 6) is 1.82. The van der Waals surface area contributed by atoms with Crippen molar-refractivity contribution in [1.29, 1.82) is 0 Å². The fraction of sp³-hybridized carbons (Fsp3) is 0.273. The Bertz CT molecular complexity index is 886. The van der Waals surface area contributed by atoms with Crippen LogP contribution in [-0.4, -0.2) is 40.8 Å². The molecule has 0 bridgehead atoms. The summed E-state index contributed by atoms with van der Waals surface area (Å²) < 4.78 is 50.3. The molecule has 0 amide bonds. The minimum absolute atomic E-state index is 0. The summed E-state index contributed by atoms with van der Waals surface area (Å²) in [4.78, 5) is 11.2. The zero-order chi connectivity index (χ0) is 23.8. The zero-order valence-corrected chi connectivity index (χ0v) is 18.8. The molecule has 3 rings (SSSR count). The van der Waals surface area contributed by atoms with Gasteiger partial charge in [-0.05, 0) is 24.3 Å². The molecule has 0 unspecified atom stereocenters. The van der Waals surface area contributed by atoms with Crippen LogP contribution in [0.1, 0.15) is 22.2 Å². The van der Waals surface area contributed by atoms with Crippen LogP contribution in [0.3, 0.4) is 0 Å². The third kappa shape index (κ3) is 7.70. The van der Waals surface area contributed by atoms with Crippen molar-refractivity contribution in [3.8, 4) is 28.4 Å². The number of hydrogen-bond donors (Lipinski definition) is 0. The fourth-order valence-corrected chi connectivity index (χ4v) is 2.90. The van der Waals surface area contributed by atoms with Crippen molar-refractivity contribution in [2.24, 2.45) is 0 Å². The first-order valence-corrected chi connectivity index (χ1v) is 8.45. The first kappa shape index (κ1) is 31.4. The molecular formula is C22H20CrO9. The van der Waals surface area contributed by atoms with Crippen molar-refractivity contribution in [1.82, 2.24) is 0 Å². The van der Waals surface area contributed by atoms with Crippen LogP contribution in [0.2, 0.25) is 0 Å². The molecular weight excluding hydrogens is 460 g/mol. The van der Waals surface area contributed by atoms with Crippen molar-refractivity contribution in [2.45, 2.75) is 6.29 Å². The molecule has 0 radical (unpaired) electrons. The van der Waals surface area contributed by atoms with Gasteiger partial charge >= 0.3 is 33.9 Å². The molecule has 0 atom stereocenters. The van der Waals surface area contributed by atoms with Crippen LogP contribution in [0.25, 0.3) is 11.1 Å². The molecule has 2 aromatic rings. The van der Waals surface area contributed by atoms with Gasteiger partial charge in [0, 0.05) is 45.7 Å². The van der Waals surface area contributed by atoms with E-state index in [-0.39, 0.29) is 17.4 Å². The maximum atomic E-state index is 11.2. The minimum Gasteiger partial charge on any atom is 0 e. The number of carbonyl (C=O) groups excluding carboxylic acids is 1. The molecule has 0 N–H and O–H groups in total. The van der Waals surface area contributed by atoms with Crippen LogP contribution in [0.4, 0.5) is 0 Å². The summed E-state index contributed by atoms with van der Waals surface area (Å²) in [6, 6.07) is 8.84. The number of aldehydes is 1. The first-order chi connectivity index (χ1) is 15.2. The second kappa shape index (κ2) is 17.8. The van der Waals surface area contributed by atoms with Crippen molar-refractivity contribution < 1.29 is 59.8 Å². The fourth-order valence-electron chi connectivity index (χ4n) is 2.90. The van der Waals surface area contributed by atoms with Crippen LogP contribution < -0.4 is 14.2 Å². The minimum atomic E-state index is -0.538. The largest absolute Gasteiger partial charge is 0 e. The Balaban J connectivity index is 0. The molecule has 10 heteroatoms. The van der Waals surface area contributed by atoms with Crippen molar-refractivity contribution >= 4 is 6.29 Å². The van der Waals surface area contributed by atoms with E-state index in [0.29, 0.717) is 36.0 Å². The second-order valence-corrected chi connectivity index (χ2v) is 5.44. The molecule has 0 spiro atoms. The van der Waals surface area contributed by atoms with E-state index >= 15 is 0 Å². The number of benzene rings is 2. The quantitative estimate of drug-likeness (QED) is 0.356. The van der Waals surface area contributed by atoms with Gasteiger partial charge in [-0.15, -0.1) is 0 Å². The maximum absolute atomic E-state index is 11.2. The zero-order valence-electron chi connectivity index (χ0n) is 17.5. The maximum Gasteiger partial charge on any atom is 0 e. The van der Waals surface area contributed by atoms with Gasteiger partial charge in [0.2, 0.25) is 0 Å². The van der Waals surface area contributed by atoms with E-state index in [2.05, 4.69) is 20.0 Å². The topological polar surface area (TPSA) is 123 Å². The molecule has 168 valence electrons. The average molecular weight is 480 g/mol. The molecule has 0 aliphatic carbocycles. The van der Waals surface area contributed by atoms with E-state index < -0.39 is 6.29 Å². The van der Waals surface area contributed by atoms with Crippen LogP contribution in [0.15, 0.2) is 30.3 Å². The SMILES string of the molecule is COc1cc(OC)c(-c2cc(C=O)ccc2OC)c(C2OCCO2)c1.[C-]#[O+].[C-]#[O+].[C-]#[O+].[Cr]. The number of hydrogen-bond acceptors (Lipinski definition) is 6. The Morgan fingerprint density at radius 3 is 1.91 bits per heavy atom. The van der Waals surface area contributed by atoms with Gasteiger partial charge in [-0.25, -0.2) is 0 Å². The van der Waals surface area contributed by atoms with Crippen LogP contribution in [-0.2, 0) is 40.8 Å². The Kier molecular flexibility index (Phi) is 17.5. The third-order valence-electron chi connectivity index (χ3n) is 4.07. The number of ether oxygens (including phenoxy) is 5. The molecule has 0 aromatic heterocycles. The summed E-state index contributed by atoms with van der Waals surface area (Å²) in [6.45, 7) is 14.5. The van der Waals surface area contributed by atoms with E-state index in [9.17, 15) is 4.79 Å². The molecule has 1 aliphatic heterocycles. The Labute approximate surface area is 196 Å². The number of rotatable bonds is 6. The van der Waals surface area contributed by atoms with E-state index in [0.717, 1.165) is 23.0 Å². The molecule has 0 saturated carbocycles. The van der Waals surface area contributed by atoms with Gasteiger partial charge in [0.1, 0.15) is 23.5 Å². The smallest absolute Gasteiger partial charge is 0 e. The second-order valence-electron chi connectivity index (χ2n) is 5.44. The summed E-state index contributed by atoms with van der Waals surface area (Å²) in [6.07, 6.45) is 0.254. The predicted octanol–water partition coefficient (Wildman–Crippen LogP) is 3.12. The normalized spacial score (nSPS) is 11.4. The Morgan fingerprint density at radius 2 is 1.44 bits per heavy atom. The molecule has 1 fully saturated rings. The van der Waals surface area contributed by atoms with E-state index in [1.807, 2.05) is 6.07 Å². The van der Waals surface area contributed by atoms with E-state index in [4.69, 9.17) is 37.6 Å². The van der Waals surface area contributed by atoms with Crippen LogP contribution >= 0.6 is 0 Å².